The predicted octanol–water partition coefficient (Wildman–Crippen LogP) is 0.127. The SMILES string of the molecule is CNC(=O)NCC(=O)N1CC[C@H](CSC)C1. The molecule has 0 radical (unpaired) electrons. The van der Waals surface area contributed by atoms with Crippen molar-refractivity contribution < 1.29 is 9.59 Å². The lowest BCUT2D eigenvalue weighted by Crippen LogP contribution is -2.42. The lowest BCUT2D eigenvalue weighted by Gasteiger charge is -2.16. The summed E-state index contributed by atoms with van der Waals surface area (Å²) in [5.74, 6) is 1.72. The number of rotatable bonds is 4. The molecule has 1 rings (SSSR count). The fourth-order valence-corrected chi connectivity index (χ4v) is 2.53. The molecule has 5 nitrogen and oxygen atoms in total. The molecule has 0 saturated carbocycles. The van der Waals surface area contributed by atoms with E-state index in [0.29, 0.717) is 5.92 Å². The van der Waals surface area contributed by atoms with Gasteiger partial charge in [-0.2, -0.15) is 11.8 Å². The molecule has 0 unspecified atom stereocenters. The van der Waals surface area contributed by atoms with Gasteiger partial charge in [-0.05, 0) is 24.3 Å². The van der Waals surface area contributed by atoms with Crippen LogP contribution < -0.4 is 10.6 Å². The average molecular weight is 245 g/mol. The van der Waals surface area contributed by atoms with Crippen LogP contribution >= 0.6 is 11.8 Å². The lowest BCUT2D eigenvalue weighted by molar-refractivity contribution is -0.129. The maximum absolute atomic E-state index is 11.7. The van der Waals surface area contributed by atoms with E-state index >= 15 is 0 Å². The van der Waals surface area contributed by atoms with E-state index in [2.05, 4.69) is 16.9 Å². The van der Waals surface area contributed by atoms with Gasteiger partial charge in [-0.15, -0.1) is 0 Å². The number of hydrogen-bond acceptors (Lipinski definition) is 3. The Labute approximate surface area is 100 Å². The van der Waals surface area contributed by atoms with Gasteiger partial charge in [-0.3, -0.25) is 4.79 Å². The quantitative estimate of drug-likeness (QED) is 0.740. The van der Waals surface area contributed by atoms with E-state index in [-0.39, 0.29) is 18.5 Å². The van der Waals surface area contributed by atoms with Crippen molar-refractivity contribution in [2.45, 2.75) is 6.42 Å². The van der Waals surface area contributed by atoms with Crippen molar-refractivity contribution in [3.8, 4) is 0 Å². The highest BCUT2D eigenvalue weighted by molar-refractivity contribution is 7.98. The topological polar surface area (TPSA) is 61.4 Å². The highest BCUT2D eigenvalue weighted by atomic mass is 32.2. The van der Waals surface area contributed by atoms with Crippen LogP contribution in [0, 0.1) is 5.92 Å². The molecule has 1 heterocycles. The van der Waals surface area contributed by atoms with E-state index in [1.165, 1.54) is 7.05 Å². The minimum Gasteiger partial charge on any atom is -0.341 e. The van der Waals surface area contributed by atoms with Crippen molar-refractivity contribution in [1.82, 2.24) is 15.5 Å². The molecule has 0 spiro atoms. The van der Waals surface area contributed by atoms with E-state index in [1.54, 1.807) is 0 Å². The standard InChI is InChI=1S/C10H19N3O2S/c1-11-10(15)12-5-9(14)13-4-3-8(6-13)7-16-2/h8H,3-7H2,1-2H3,(H2,11,12,15)/t8-/m0/s1. The maximum atomic E-state index is 11.7. The smallest absolute Gasteiger partial charge is 0.314 e. The third-order valence-corrected chi connectivity index (χ3v) is 3.47. The summed E-state index contributed by atoms with van der Waals surface area (Å²) < 4.78 is 0. The van der Waals surface area contributed by atoms with E-state index in [9.17, 15) is 9.59 Å². The summed E-state index contributed by atoms with van der Waals surface area (Å²) in [5.41, 5.74) is 0. The fourth-order valence-electron chi connectivity index (χ4n) is 1.79. The summed E-state index contributed by atoms with van der Waals surface area (Å²) >= 11 is 1.82. The minimum atomic E-state index is -0.312. The lowest BCUT2D eigenvalue weighted by atomic mass is 10.2. The number of carbonyl (C=O) groups is 2. The summed E-state index contributed by atoms with van der Waals surface area (Å²) in [6, 6.07) is -0.312. The van der Waals surface area contributed by atoms with Gasteiger partial charge in [0.15, 0.2) is 0 Å². The van der Waals surface area contributed by atoms with Crippen LogP contribution in [0.3, 0.4) is 0 Å². The molecule has 1 aliphatic rings. The van der Waals surface area contributed by atoms with Gasteiger partial charge in [0.25, 0.3) is 0 Å². The van der Waals surface area contributed by atoms with Crippen molar-refractivity contribution in [1.29, 1.82) is 0 Å². The molecule has 1 atom stereocenters. The molecule has 6 heteroatoms. The first-order valence-electron chi connectivity index (χ1n) is 5.39. The van der Waals surface area contributed by atoms with Crippen LogP contribution in [0.15, 0.2) is 0 Å². The van der Waals surface area contributed by atoms with E-state index < -0.39 is 0 Å². The van der Waals surface area contributed by atoms with Gasteiger partial charge < -0.3 is 15.5 Å². The Morgan fingerprint density at radius 2 is 2.25 bits per heavy atom. The monoisotopic (exact) mass is 245 g/mol. The summed E-state index contributed by atoms with van der Waals surface area (Å²) in [7, 11) is 1.53. The normalized spacial score (nSPS) is 19.6. The Hall–Kier alpha value is -0.910. The molecule has 1 aliphatic heterocycles. The molecule has 92 valence electrons. The van der Waals surface area contributed by atoms with Gasteiger partial charge in [-0.25, -0.2) is 4.79 Å². The molecule has 1 saturated heterocycles. The number of thioether (sulfide) groups is 1. The number of hydrogen-bond donors (Lipinski definition) is 2. The number of urea groups is 1. The Bertz CT molecular complexity index is 260. The molecule has 3 amide bonds. The van der Waals surface area contributed by atoms with Crippen molar-refractivity contribution in [3.05, 3.63) is 0 Å². The third kappa shape index (κ3) is 3.92. The van der Waals surface area contributed by atoms with E-state index in [1.807, 2.05) is 16.7 Å². The molecule has 16 heavy (non-hydrogen) atoms. The molecule has 0 aromatic heterocycles. The Balaban J connectivity index is 2.25. The molecule has 1 fully saturated rings. The number of nitrogens with one attached hydrogen (secondary N) is 2. The summed E-state index contributed by atoms with van der Waals surface area (Å²) in [6.07, 6.45) is 3.16. The second-order valence-corrected chi connectivity index (χ2v) is 4.79. The fraction of sp³-hybridized carbons (Fsp3) is 0.800. The van der Waals surface area contributed by atoms with Crippen molar-refractivity contribution in [3.63, 3.8) is 0 Å². The summed E-state index contributed by atoms with van der Waals surface area (Å²) in [4.78, 5) is 24.4. The molecule has 0 aromatic carbocycles. The van der Waals surface area contributed by atoms with Gasteiger partial charge in [0.2, 0.25) is 5.91 Å². The van der Waals surface area contributed by atoms with Gasteiger partial charge in [-0.1, -0.05) is 0 Å². The van der Waals surface area contributed by atoms with Gasteiger partial charge >= 0.3 is 6.03 Å². The second-order valence-electron chi connectivity index (χ2n) is 3.88. The van der Waals surface area contributed by atoms with Crippen LogP contribution in [0.2, 0.25) is 0 Å². The van der Waals surface area contributed by atoms with Crippen LogP contribution in [0.4, 0.5) is 4.79 Å². The molecule has 0 aliphatic carbocycles. The van der Waals surface area contributed by atoms with Crippen LogP contribution in [-0.2, 0) is 4.79 Å². The number of nitrogens with zero attached hydrogens (tertiary/aromatic N) is 1. The van der Waals surface area contributed by atoms with Crippen LogP contribution in [0.1, 0.15) is 6.42 Å². The highest BCUT2D eigenvalue weighted by Gasteiger charge is 2.25. The Kier molecular flexibility index (Phi) is 5.45. The minimum absolute atomic E-state index is 0.00667. The van der Waals surface area contributed by atoms with Crippen LogP contribution in [0.25, 0.3) is 0 Å². The number of likely N-dealkylation sites (tertiary alicyclic amines) is 1. The van der Waals surface area contributed by atoms with Crippen molar-refractivity contribution in [2.24, 2.45) is 5.92 Å². The Morgan fingerprint density at radius 3 is 2.88 bits per heavy atom. The third-order valence-electron chi connectivity index (χ3n) is 2.67. The largest absolute Gasteiger partial charge is 0.341 e. The summed E-state index contributed by atoms with van der Waals surface area (Å²) in [6.45, 7) is 1.74. The van der Waals surface area contributed by atoms with Crippen LogP contribution in [-0.4, -0.2) is 55.5 Å². The van der Waals surface area contributed by atoms with Crippen LogP contribution in [0.5, 0.6) is 0 Å². The zero-order chi connectivity index (χ0) is 12.0. The molecular weight excluding hydrogens is 226 g/mol. The molecule has 2 N–H and O–H groups in total. The zero-order valence-electron chi connectivity index (χ0n) is 9.78. The number of carbonyl (C=O) groups excluding carboxylic acids is 2. The molecular formula is C10H19N3O2S. The van der Waals surface area contributed by atoms with Gasteiger partial charge in [0.05, 0.1) is 6.54 Å². The average Bonchev–Trinajstić information content (AvgIpc) is 2.74. The first-order valence-corrected chi connectivity index (χ1v) is 6.79. The van der Waals surface area contributed by atoms with Crippen molar-refractivity contribution >= 4 is 23.7 Å². The second kappa shape index (κ2) is 6.62. The highest BCUT2D eigenvalue weighted by Crippen LogP contribution is 2.19. The first kappa shape index (κ1) is 13.2. The maximum Gasteiger partial charge on any atom is 0.314 e. The van der Waals surface area contributed by atoms with Crippen molar-refractivity contribution in [2.75, 3.05) is 38.7 Å². The zero-order valence-corrected chi connectivity index (χ0v) is 10.6. The number of amides is 3. The van der Waals surface area contributed by atoms with Gasteiger partial charge in [0.1, 0.15) is 0 Å². The van der Waals surface area contributed by atoms with E-state index in [4.69, 9.17) is 0 Å². The first-order chi connectivity index (χ1) is 7.67. The molecule has 0 aromatic rings. The van der Waals surface area contributed by atoms with Gasteiger partial charge in [0, 0.05) is 20.1 Å². The molecule has 0 bridgehead atoms. The summed E-state index contributed by atoms with van der Waals surface area (Å²) in [5, 5.41) is 4.93. The predicted molar refractivity (Wildman–Crippen MR) is 65.5 cm³/mol. The van der Waals surface area contributed by atoms with E-state index in [0.717, 1.165) is 25.3 Å². The Morgan fingerprint density at radius 1 is 1.50 bits per heavy atom.